The number of nitrogens with one attached hydrogen (secondary N) is 2. The van der Waals surface area contributed by atoms with Gasteiger partial charge in [-0.1, -0.05) is 0 Å². The Morgan fingerprint density at radius 3 is 2.69 bits per heavy atom. The third kappa shape index (κ3) is 4.20. The van der Waals surface area contributed by atoms with Gasteiger partial charge in [0, 0.05) is 42.5 Å². The zero-order chi connectivity index (χ0) is 24.1. The second-order valence-electron chi connectivity index (χ2n) is 9.89. The van der Waals surface area contributed by atoms with Gasteiger partial charge in [-0.05, 0) is 68.5 Å². The minimum Gasteiger partial charge on any atom is -0.393 e. The Balaban J connectivity index is 1.47. The van der Waals surface area contributed by atoms with E-state index in [4.69, 9.17) is 10.7 Å². The highest BCUT2D eigenvalue weighted by Crippen LogP contribution is 2.40. The van der Waals surface area contributed by atoms with Crippen LogP contribution in [0.15, 0.2) is 36.4 Å². The number of piperidine rings is 1. The molecule has 1 aliphatic carbocycles. The average molecular weight is 475 g/mol. The van der Waals surface area contributed by atoms with Gasteiger partial charge < -0.3 is 30.9 Å². The molecule has 1 unspecified atom stereocenters. The summed E-state index contributed by atoms with van der Waals surface area (Å²) in [5.74, 6) is 0.0899. The van der Waals surface area contributed by atoms with E-state index in [0.29, 0.717) is 24.0 Å². The lowest BCUT2D eigenvalue weighted by Crippen LogP contribution is -2.35. The van der Waals surface area contributed by atoms with Crippen LogP contribution >= 0.6 is 0 Å². The van der Waals surface area contributed by atoms with Gasteiger partial charge in [0.25, 0.3) is 0 Å². The smallest absolute Gasteiger partial charge is 0.247 e. The fourth-order valence-electron chi connectivity index (χ4n) is 5.18. The summed E-state index contributed by atoms with van der Waals surface area (Å²) in [5, 5.41) is 16.5. The van der Waals surface area contributed by atoms with Crippen LogP contribution in [0.3, 0.4) is 0 Å². The zero-order valence-electron chi connectivity index (χ0n) is 19.5. The maximum Gasteiger partial charge on any atom is 0.247 e. The Hall–Kier alpha value is -3.59. The molecule has 0 radical (unpaired) electrons. The van der Waals surface area contributed by atoms with Crippen molar-refractivity contribution < 1.29 is 14.7 Å². The lowest BCUT2D eigenvalue weighted by atomic mass is 10.1. The van der Waals surface area contributed by atoms with E-state index in [9.17, 15) is 14.7 Å². The van der Waals surface area contributed by atoms with E-state index in [2.05, 4.69) is 33.7 Å². The lowest BCUT2D eigenvalue weighted by molar-refractivity contribution is -0.120. The number of imidazole rings is 1. The molecule has 2 fully saturated rings. The molecular formula is C26H30N6O3. The highest BCUT2D eigenvalue weighted by molar-refractivity contribution is 6.02. The summed E-state index contributed by atoms with van der Waals surface area (Å²) in [5.41, 5.74) is 10.7. The van der Waals surface area contributed by atoms with Crippen LogP contribution in [-0.4, -0.2) is 51.7 Å². The topological polar surface area (TPSA) is 126 Å². The normalized spacial score (nSPS) is 20.2. The lowest BCUT2D eigenvalue weighted by Gasteiger charge is -2.31. The van der Waals surface area contributed by atoms with Gasteiger partial charge in [0.2, 0.25) is 11.8 Å². The van der Waals surface area contributed by atoms with E-state index in [-0.39, 0.29) is 18.4 Å². The summed E-state index contributed by atoms with van der Waals surface area (Å²) in [4.78, 5) is 32.2. The van der Waals surface area contributed by atoms with Gasteiger partial charge in [-0.3, -0.25) is 9.59 Å². The van der Waals surface area contributed by atoms with Crippen molar-refractivity contribution in [1.82, 2.24) is 9.55 Å². The first-order chi connectivity index (χ1) is 17.0. The monoisotopic (exact) mass is 474 g/mol. The molecule has 182 valence electrons. The number of aliphatic hydroxyl groups is 1. The standard InChI is InChI=1S/C26H30N6O3/c27-24(34)8-7-23-26(35)30-20-5-3-16(28-15-1-2-15)13-19(20)25-29-21-14-17(4-6-22(21)32(23)25)31-11-9-18(33)10-12-31/h3-6,13-15,18,23,28,33H,1-2,7-12H2,(H2,27,34)(H,30,35). The van der Waals surface area contributed by atoms with Crippen molar-refractivity contribution in [3.8, 4) is 11.4 Å². The number of fused-ring (bicyclic) bond motifs is 5. The van der Waals surface area contributed by atoms with Gasteiger partial charge in [-0.2, -0.15) is 0 Å². The second kappa shape index (κ2) is 8.57. The number of hydrogen-bond acceptors (Lipinski definition) is 6. The fraction of sp³-hybridized carbons (Fsp3) is 0.423. The first kappa shape index (κ1) is 21.9. The molecule has 2 aliphatic heterocycles. The number of aliphatic hydroxyl groups excluding tert-OH is 1. The summed E-state index contributed by atoms with van der Waals surface area (Å²) < 4.78 is 1.96. The van der Waals surface area contributed by atoms with Crippen molar-refractivity contribution in [2.75, 3.05) is 28.6 Å². The Labute approximate surface area is 203 Å². The van der Waals surface area contributed by atoms with E-state index in [1.807, 2.05) is 22.8 Å². The van der Waals surface area contributed by atoms with Crippen molar-refractivity contribution >= 4 is 39.9 Å². The maximum atomic E-state index is 13.4. The van der Waals surface area contributed by atoms with Crippen LogP contribution in [0, 0.1) is 0 Å². The maximum absolute atomic E-state index is 13.4. The van der Waals surface area contributed by atoms with Crippen molar-refractivity contribution in [3.05, 3.63) is 36.4 Å². The van der Waals surface area contributed by atoms with Crippen LogP contribution < -0.4 is 21.3 Å². The number of carbonyl (C=O) groups is 2. The number of nitrogens with zero attached hydrogens (tertiary/aromatic N) is 3. The van der Waals surface area contributed by atoms with Crippen LogP contribution in [0.1, 0.15) is 44.6 Å². The number of benzene rings is 2. The second-order valence-corrected chi connectivity index (χ2v) is 9.89. The van der Waals surface area contributed by atoms with Crippen LogP contribution in [0.4, 0.5) is 17.1 Å². The summed E-state index contributed by atoms with van der Waals surface area (Å²) in [6.07, 6.45) is 3.99. The zero-order valence-corrected chi connectivity index (χ0v) is 19.5. The van der Waals surface area contributed by atoms with Gasteiger partial charge >= 0.3 is 0 Å². The van der Waals surface area contributed by atoms with Gasteiger partial charge in [0.1, 0.15) is 11.9 Å². The van der Waals surface area contributed by atoms with Crippen LogP contribution in [-0.2, 0) is 9.59 Å². The summed E-state index contributed by atoms with van der Waals surface area (Å²) >= 11 is 0. The number of primary amides is 1. The molecule has 0 spiro atoms. The van der Waals surface area contributed by atoms with E-state index in [1.165, 1.54) is 0 Å². The first-order valence-corrected chi connectivity index (χ1v) is 12.4. The highest BCUT2D eigenvalue weighted by atomic mass is 16.3. The molecule has 2 aromatic carbocycles. The van der Waals surface area contributed by atoms with Crippen molar-refractivity contribution in [3.63, 3.8) is 0 Å². The number of rotatable bonds is 6. The van der Waals surface area contributed by atoms with E-state index in [1.54, 1.807) is 0 Å². The Morgan fingerprint density at radius 1 is 1.14 bits per heavy atom. The molecule has 3 aliphatic rings. The summed E-state index contributed by atoms with van der Waals surface area (Å²) in [6, 6.07) is 12.0. The van der Waals surface area contributed by atoms with Gasteiger partial charge in [0.05, 0.1) is 22.8 Å². The van der Waals surface area contributed by atoms with Crippen LogP contribution in [0.2, 0.25) is 0 Å². The number of carbonyl (C=O) groups excluding carboxylic acids is 2. The molecule has 6 rings (SSSR count). The van der Waals surface area contributed by atoms with Crippen LogP contribution in [0.5, 0.6) is 0 Å². The van der Waals surface area contributed by atoms with Crippen molar-refractivity contribution in [2.45, 2.75) is 56.7 Å². The van der Waals surface area contributed by atoms with E-state index < -0.39 is 11.9 Å². The Kier molecular flexibility index (Phi) is 5.36. The fourth-order valence-corrected chi connectivity index (χ4v) is 5.18. The first-order valence-electron chi connectivity index (χ1n) is 12.4. The molecular weight excluding hydrogens is 444 g/mol. The molecule has 1 saturated carbocycles. The van der Waals surface area contributed by atoms with Crippen LogP contribution in [0.25, 0.3) is 22.4 Å². The number of hydrogen-bond donors (Lipinski definition) is 4. The Bertz CT molecular complexity index is 1310. The highest BCUT2D eigenvalue weighted by Gasteiger charge is 2.32. The molecule has 2 amide bonds. The van der Waals surface area contributed by atoms with Gasteiger partial charge in [0.15, 0.2) is 0 Å². The van der Waals surface area contributed by atoms with E-state index >= 15 is 0 Å². The summed E-state index contributed by atoms with van der Waals surface area (Å²) in [6.45, 7) is 1.59. The number of nitrogens with two attached hydrogens (primary N) is 1. The SMILES string of the molecule is NC(=O)CCC1C(=O)Nc2ccc(NC3CC3)cc2-c2nc3cc(N4CCC(O)CC4)ccc3n21. The van der Waals surface area contributed by atoms with Crippen molar-refractivity contribution in [1.29, 1.82) is 0 Å². The molecule has 9 nitrogen and oxygen atoms in total. The molecule has 5 N–H and O–H groups in total. The predicted molar refractivity (Wildman–Crippen MR) is 135 cm³/mol. The predicted octanol–water partition coefficient (Wildman–Crippen LogP) is 3.00. The molecule has 0 bridgehead atoms. The molecule has 1 aromatic heterocycles. The molecule has 3 aromatic rings. The van der Waals surface area contributed by atoms with Gasteiger partial charge in [-0.25, -0.2) is 4.98 Å². The molecule has 1 saturated heterocycles. The third-order valence-corrected chi connectivity index (χ3v) is 7.25. The summed E-state index contributed by atoms with van der Waals surface area (Å²) in [7, 11) is 0. The van der Waals surface area contributed by atoms with E-state index in [0.717, 1.165) is 66.7 Å². The molecule has 1 atom stereocenters. The minimum absolute atomic E-state index is 0.107. The van der Waals surface area contributed by atoms with Gasteiger partial charge in [-0.15, -0.1) is 0 Å². The average Bonchev–Trinajstić information content (AvgIpc) is 3.60. The number of amides is 2. The number of aromatic nitrogens is 2. The molecule has 3 heterocycles. The van der Waals surface area contributed by atoms with Crippen molar-refractivity contribution in [2.24, 2.45) is 5.73 Å². The minimum atomic E-state index is -0.606. The number of anilines is 3. The third-order valence-electron chi connectivity index (χ3n) is 7.25. The largest absolute Gasteiger partial charge is 0.393 e. The molecule has 35 heavy (non-hydrogen) atoms. The molecule has 9 heteroatoms. The quantitative estimate of drug-likeness (QED) is 0.435. The Morgan fingerprint density at radius 2 is 1.94 bits per heavy atom.